The number of anilines is 1. The Morgan fingerprint density at radius 1 is 1.25 bits per heavy atom. The minimum atomic E-state index is -1.29. The van der Waals surface area contributed by atoms with Crippen LogP contribution in [0.2, 0.25) is 0 Å². The molecule has 0 saturated heterocycles. The van der Waals surface area contributed by atoms with Crippen molar-refractivity contribution in [2.24, 2.45) is 0 Å². The maximum absolute atomic E-state index is 13.5. The zero-order valence-electron chi connectivity index (χ0n) is 15.4. The fourth-order valence-corrected chi connectivity index (χ4v) is 4.00. The van der Waals surface area contributed by atoms with Gasteiger partial charge in [-0.25, -0.2) is 9.69 Å². The molecule has 0 radical (unpaired) electrons. The highest BCUT2D eigenvalue weighted by Crippen LogP contribution is 2.50. The lowest BCUT2D eigenvalue weighted by Gasteiger charge is -2.31. The van der Waals surface area contributed by atoms with Crippen LogP contribution >= 0.6 is 15.9 Å². The van der Waals surface area contributed by atoms with Crippen LogP contribution in [0.15, 0.2) is 53.0 Å². The molecule has 8 heteroatoms. The molecule has 0 saturated carbocycles. The second kappa shape index (κ2) is 7.71. The summed E-state index contributed by atoms with van der Waals surface area (Å²) in [6.07, 6.45) is -0.778. The quantitative estimate of drug-likeness (QED) is 0.505. The third-order valence-electron chi connectivity index (χ3n) is 5.10. The lowest BCUT2D eigenvalue weighted by Crippen LogP contribution is -2.46. The average Bonchev–Trinajstić information content (AvgIpc) is 2.89. The summed E-state index contributed by atoms with van der Waals surface area (Å²) in [5, 5.41) is 11.5. The first-order chi connectivity index (χ1) is 13.3. The van der Waals surface area contributed by atoms with Crippen molar-refractivity contribution in [1.29, 1.82) is 0 Å². The average molecular weight is 447 g/mol. The minimum absolute atomic E-state index is 0.118. The van der Waals surface area contributed by atoms with E-state index >= 15 is 0 Å². The number of benzene rings is 2. The fraction of sp³-hybridized carbons (Fsp3) is 0.300. The smallest absolute Gasteiger partial charge is 0.421 e. The molecule has 0 aromatic heterocycles. The first kappa shape index (κ1) is 20.0. The van der Waals surface area contributed by atoms with Crippen LogP contribution in [-0.4, -0.2) is 30.1 Å². The van der Waals surface area contributed by atoms with Gasteiger partial charge in [0, 0.05) is 9.40 Å². The van der Waals surface area contributed by atoms with Crippen molar-refractivity contribution in [1.82, 2.24) is 0 Å². The summed E-state index contributed by atoms with van der Waals surface area (Å²) in [6.45, 7) is 2.98. The summed E-state index contributed by atoms with van der Waals surface area (Å²) in [5.41, 5.74) is 0.336. The highest BCUT2D eigenvalue weighted by molar-refractivity contribution is 9.10. The highest BCUT2D eigenvalue weighted by atomic mass is 79.9. The number of ether oxygens (including phenoxy) is 1. The summed E-state index contributed by atoms with van der Waals surface area (Å²) in [5.74, 6) is -1.29. The van der Waals surface area contributed by atoms with Gasteiger partial charge in [0.1, 0.15) is 0 Å². The van der Waals surface area contributed by atoms with E-state index in [1.54, 1.807) is 62.4 Å². The first-order valence-corrected chi connectivity index (χ1v) is 9.58. The van der Waals surface area contributed by atoms with Gasteiger partial charge in [-0.15, -0.1) is 0 Å². The Morgan fingerprint density at radius 3 is 2.50 bits per heavy atom. The maximum Gasteiger partial charge on any atom is 0.421 e. The lowest BCUT2D eigenvalue weighted by molar-refractivity contribution is -0.484. The lowest BCUT2D eigenvalue weighted by atomic mass is 9.69. The van der Waals surface area contributed by atoms with Gasteiger partial charge in [0.25, 0.3) is 0 Å². The first-order valence-electron chi connectivity index (χ1n) is 8.78. The second-order valence-corrected chi connectivity index (χ2v) is 7.59. The molecule has 2 aromatic carbocycles. The Morgan fingerprint density at radius 2 is 1.89 bits per heavy atom. The molecule has 0 N–H and O–H groups in total. The predicted molar refractivity (Wildman–Crippen MR) is 107 cm³/mol. The van der Waals surface area contributed by atoms with Crippen molar-refractivity contribution in [3.05, 3.63) is 74.2 Å². The molecule has 0 bridgehead atoms. The standard InChI is InChI=1S/C20H19BrN2O5/c1-3-28-19(25)23-17-7-5-4-6-15(17)20(2,18(23)24)16(12-22(26)27)13-8-10-14(21)11-9-13/h4-11,16H,3,12H2,1-2H3/t16-,20-/m1/s1. The Bertz CT molecular complexity index is 930. The number of amides is 2. The molecule has 2 aromatic rings. The third-order valence-corrected chi connectivity index (χ3v) is 5.63. The van der Waals surface area contributed by atoms with Gasteiger partial charge in [0.05, 0.1) is 23.6 Å². The molecule has 2 atom stereocenters. The largest absolute Gasteiger partial charge is 0.449 e. The van der Waals surface area contributed by atoms with E-state index in [2.05, 4.69) is 15.9 Å². The maximum atomic E-state index is 13.5. The molecule has 7 nitrogen and oxygen atoms in total. The van der Waals surface area contributed by atoms with Crippen molar-refractivity contribution in [3.8, 4) is 0 Å². The van der Waals surface area contributed by atoms with Gasteiger partial charge < -0.3 is 4.74 Å². The SMILES string of the molecule is CCOC(=O)N1C(=O)[C@@](C)([C@H](C[N+](=O)[O-])c2ccc(Br)cc2)c2ccccc21. The number of fused-ring (bicyclic) bond motifs is 1. The van der Waals surface area contributed by atoms with Crippen LogP contribution in [0.3, 0.4) is 0 Å². The molecule has 0 spiro atoms. The van der Waals surface area contributed by atoms with Crippen molar-refractivity contribution < 1.29 is 19.2 Å². The van der Waals surface area contributed by atoms with Gasteiger partial charge in [0.2, 0.25) is 12.5 Å². The minimum Gasteiger partial charge on any atom is -0.449 e. The molecular formula is C20H19BrN2O5. The number of carbonyl (C=O) groups is 2. The van der Waals surface area contributed by atoms with Crippen molar-refractivity contribution in [2.75, 3.05) is 18.1 Å². The van der Waals surface area contributed by atoms with E-state index in [0.29, 0.717) is 16.8 Å². The van der Waals surface area contributed by atoms with E-state index in [-0.39, 0.29) is 6.61 Å². The topological polar surface area (TPSA) is 89.8 Å². The van der Waals surface area contributed by atoms with Gasteiger partial charge in [-0.05, 0) is 43.2 Å². The zero-order chi connectivity index (χ0) is 20.5. The van der Waals surface area contributed by atoms with Crippen molar-refractivity contribution in [3.63, 3.8) is 0 Å². The number of halogens is 1. The van der Waals surface area contributed by atoms with Crippen LogP contribution in [0.5, 0.6) is 0 Å². The normalized spacial score (nSPS) is 19.2. The summed E-state index contributed by atoms with van der Waals surface area (Å²) in [4.78, 5) is 38.0. The van der Waals surface area contributed by atoms with Crippen LogP contribution in [0.25, 0.3) is 0 Å². The highest BCUT2D eigenvalue weighted by Gasteiger charge is 2.56. The molecule has 28 heavy (non-hydrogen) atoms. The number of carbonyl (C=O) groups excluding carboxylic acids is 2. The van der Waals surface area contributed by atoms with Crippen LogP contribution in [0.1, 0.15) is 30.9 Å². The van der Waals surface area contributed by atoms with E-state index in [9.17, 15) is 19.7 Å². The molecule has 1 aliphatic rings. The van der Waals surface area contributed by atoms with Crippen molar-refractivity contribution >= 4 is 33.6 Å². The van der Waals surface area contributed by atoms with Gasteiger partial charge >= 0.3 is 6.09 Å². The molecular weight excluding hydrogens is 428 g/mol. The van der Waals surface area contributed by atoms with E-state index in [1.165, 1.54) is 0 Å². The van der Waals surface area contributed by atoms with Crippen LogP contribution in [0, 0.1) is 10.1 Å². The molecule has 2 amide bonds. The molecule has 0 fully saturated rings. The van der Waals surface area contributed by atoms with E-state index in [4.69, 9.17) is 4.74 Å². The van der Waals surface area contributed by atoms with Crippen LogP contribution in [0.4, 0.5) is 10.5 Å². The van der Waals surface area contributed by atoms with E-state index in [1.807, 2.05) is 0 Å². The number of nitro groups is 1. The molecule has 0 aliphatic carbocycles. The molecule has 3 rings (SSSR count). The Hall–Kier alpha value is -2.74. The van der Waals surface area contributed by atoms with Crippen molar-refractivity contribution in [2.45, 2.75) is 25.2 Å². The van der Waals surface area contributed by atoms with Gasteiger partial charge in [-0.1, -0.05) is 46.3 Å². The number of hydrogen-bond acceptors (Lipinski definition) is 5. The van der Waals surface area contributed by atoms with Crippen LogP contribution in [-0.2, 0) is 14.9 Å². The summed E-state index contributed by atoms with van der Waals surface area (Å²) >= 11 is 3.36. The van der Waals surface area contributed by atoms with E-state index < -0.39 is 34.8 Å². The molecule has 146 valence electrons. The molecule has 1 heterocycles. The Labute approximate surface area is 170 Å². The summed E-state index contributed by atoms with van der Waals surface area (Å²) < 4.78 is 5.88. The fourth-order valence-electron chi connectivity index (χ4n) is 3.74. The van der Waals surface area contributed by atoms with Gasteiger partial charge in [-0.2, -0.15) is 0 Å². The summed E-state index contributed by atoms with van der Waals surface area (Å²) in [7, 11) is 0. The van der Waals surface area contributed by atoms with E-state index in [0.717, 1.165) is 9.37 Å². The van der Waals surface area contributed by atoms with Gasteiger partial charge in [0.15, 0.2) is 0 Å². The number of hydrogen-bond donors (Lipinski definition) is 0. The van der Waals surface area contributed by atoms with Crippen LogP contribution < -0.4 is 4.90 Å². The second-order valence-electron chi connectivity index (χ2n) is 6.68. The summed E-state index contributed by atoms with van der Waals surface area (Å²) in [6, 6.07) is 13.9. The predicted octanol–water partition coefficient (Wildman–Crippen LogP) is 4.27. The number of rotatable bonds is 5. The molecule has 1 aliphatic heterocycles. The third kappa shape index (κ3) is 3.28. The molecule has 0 unspecified atom stereocenters. The Kier molecular flexibility index (Phi) is 5.51. The van der Waals surface area contributed by atoms with Gasteiger partial charge in [-0.3, -0.25) is 14.9 Å². The number of imide groups is 1. The number of nitrogens with zero attached hydrogens (tertiary/aromatic N) is 2. The Balaban J connectivity index is 2.18. The monoisotopic (exact) mass is 446 g/mol. The zero-order valence-corrected chi connectivity index (χ0v) is 17.0. The number of para-hydroxylation sites is 1.